The van der Waals surface area contributed by atoms with Gasteiger partial charge in [-0.1, -0.05) is 13.8 Å². The number of hydrogen-bond donors (Lipinski definition) is 0. The Labute approximate surface area is 62.5 Å². The lowest BCUT2D eigenvalue weighted by atomic mass is 10.2. The van der Waals surface area contributed by atoms with Gasteiger partial charge in [-0.2, -0.15) is 0 Å². The Hall–Kier alpha value is -0.0800. The first-order valence-corrected chi connectivity index (χ1v) is 3.93. The average molecular weight is 144 g/mol. The van der Waals surface area contributed by atoms with E-state index < -0.39 is 0 Å². The van der Waals surface area contributed by atoms with Crippen LogP contribution in [0.4, 0.5) is 0 Å². The Morgan fingerprint density at radius 2 is 2.10 bits per heavy atom. The third kappa shape index (κ3) is 2.67. The molecule has 0 aromatic rings. The average Bonchev–Trinajstić information content (AvgIpc) is 2.63. The quantitative estimate of drug-likeness (QED) is 0.557. The van der Waals surface area contributed by atoms with Crippen LogP contribution in [-0.2, 0) is 9.47 Å². The zero-order valence-electron chi connectivity index (χ0n) is 6.96. The number of hydrogen-bond acceptors (Lipinski definition) is 2. The first-order valence-electron chi connectivity index (χ1n) is 3.93. The third-order valence-electron chi connectivity index (χ3n) is 1.58. The van der Waals surface area contributed by atoms with Crippen molar-refractivity contribution in [2.24, 2.45) is 5.92 Å². The van der Waals surface area contributed by atoms with E-state index in [1.165, 1.54) is 0 Å². The standard InChI is InChI=1S/C8H16O2/c1-6(2)4-9-7(3)8-5-10-8/h6-8H,4-5H2,1-3H3/t7-,8+/m1/s1. The largest absolute Gasteiger partial charge is 0.375 e. The number of epoxide rings is 1. The van der Waals surface area contributed by atoms with Gasteiger partial charge in [0.1, 0.15) is 6.10 Å². The van der Waals surface area contributed by atoms with Crippen LogP contribution in [0.5, 0.6) is 0 Å². The fraction of sp³-hybridized carbons (Fsp3) is 1.00. The molecule has 2 heteroatoms. The molecule has 0 aliphatic carbocycles. The smallest absolute Gasteiger partial charge is 0.107 e. The second kappa shape index (κ2) is 3.35. The van der Waals surface area contributed by atoms with Gasteiger partial charge in [0.25, 0.3) is 0 Å². The Morgan fingerprint density at radius 3 is 2.50 bits per heavy atom. The fourth-order valence-electron chi connectivity index (χ4n) is 0.778. The zero-order valence-corrected chi connectivity index (χ0v) is 6.96. The molecule has 0 bridgehead atoms. The van der Waals surface area contributed by atoms with Crippen molar-refractivity contribution >= 4 is 0 Å². The highest BCUT2D eigenvalue weighted by Gasteiger charge is 2.29. The van der Waals surface area contributed by atoms with E-state index in [1.54, 1.807) is 0 Å². The molecule has 1 saturated heterocycles. The van der Waals surface area contributed by atoms with Crippen LogP contribution in [0.2, 0.25) is 0 Å². The Bertz CT molecular complexity index is 97.4. The normalized spacial score (nSPS) is 27.0. The SMILES string of the molecule is CC(C)CO[C@H](C)[C@@H]1CO1. The zero-order chi connectivity index (χ0) is 7.56. The molecule has 0 N–H and O–H groups in total. The topological polar surface area (TPSA) is 21.8 Å². The van der Waals surface area contributed by atoms with Crippen LogP contribution in [0.25, 0.3) is 0 Å². The summed E-state index contributed by atoms with van der Waals surface area (Å²) in [6.07, 6.45) is 0.682. The molecule has 0 radical (unpaired) electrons. The van der Waals surface area contributed by atoms with Crippen molar-refractivity contribution in [2.75, 3.05) is 13.2 Å². The molecule has 0 aromatic carbocycles. The van der Waals surface area contributed by atoms with Gasteiger partial charge in [0.05, 0.1) is 12.7 Å². The van der Waals surface area contributed by atoms with Crippen molar-refractivity contribution in [3.05, 3.63) is 0 Å². The second-order valence-electron chi connectivity index (χ2n) is 3.30. The highest BCUT2D eigenvalue weighted by molar-refractivity contribution is 4.76. The van der Waals surface area contributed by atoms with E-state index in [9.17, 15) is 0 Å². The van der Waals surface area contributed by atoms with E-state index in [2.05, 4.69) is 20.8 Å². The van der Waals surface area contributed by atoms with Gasteiger partial charge in [-0.05, 0) is 12.8 Å². The number of rotatable bonds is 4. The molecule has 0 saturated carbocycles. The van der Waals surface area contributed by atoms with E-state index in [4.69, 9.17) is 9.47 Å². The molecular weight excluding hydrogens is 128 g/mol. The van der Waals surface area contributed by atoms with Gasteiger partial charge in [-0.25, -0.2) is 0 Å². The molecule has 0 spiro atoms. The van der Waals surface area contributed by atoms with Crippen LogP contribution < -0.4 is 0 Å². The summed E-state index contributed by atoms with van der Waals surface area (Å²) >= 11 is 0. The van der Waals surface area contributed by atoms with Crippen molar-refractivity contribution in [1.82, 2.24) is 0 Å². The summed E-state index contributed by atoms with van der Waals surface area (Å²) < 4.78 is 10.6. The minimum absolute atomic E-state index is 0.294. The molecule has 1 heterocycles. The van der Waals surface area contributed by atoms with Gasteiger partial charge in [0.2, 0.25) is 0 Å². The van der Waals surface area contributed by atoms with E-state index >= 15 is 0 Å². The van der Waals surface area contributed by atoms with Gasteiger partial charge < -0.3 is 9.47 Å². The van der Waals surface area contributed by atoms with Crippen LogP contribution in [-0.4, -0.2) is 25.4 Å². The minimum atomic E-state index is 0.294. The summed E-state index contributed by atoms with van der Waals surface area (Å²) in [5, 5.41) is 0. The maximum Gasteiger partial charge on any atom is 0.107 e. The highest BCUT2D eigenvalue weighted by atomic mass is 16.6. The minimum Gasteiger partial charge on any atom is -0.375 e. The second-order valence-corrected chi connectivity index (χ2v) is 3.30. The lowest BCUT2D eigenvalue weighted by Gasteiger charge is -2.11. The van der Waals surface area contributed by atoms with Gasteiger partial charge in [0, 0.05) is 6.61 Å². The predicted molar refractivity (Wildman–Crippen MR) is 40.0 cm³/mol. The summed E-state index contributed by atoms with van der Waals surface area (Å²) in [7, 11) is 0. The molecule has 1 aliphatic heterocycles. The monoisotopic (exact) mass is 144 g/mol. The maximum atomic E-state index is 5.50. The molecule has 2 nitrogen and oxygen atoms in total. The highest BCUT2D eigenvalue weighted by Crippen LogP contribution is 2.16. The van der Waals surface area contributed by atoms with Gasteiger partial charge in [0.15, 0.2) is 0 Å². The lowest BCUT2D eigenvalue weighted by molar-refractivity contribution is 0.0299. The van der Waals surface area contributed by atoms with E-state index in [-0.39, 0.29) is 0 Å². The van der Waals surface area contributed by atoms with E-state index in [0.29, 0.717) is 18.1 Å². The Balaban J connectivity index is 2.00. The molecule has 2 atom stereocenters. The molecule has 0 unspecified atom stereocenters. The van der Waals surface area contributed by atoms with Crippen molar-refractivity contribution in [3.63, 3.8) is 0 Å². The molecule has 10 heavy (non-hydrogen) atoms. The van der Waals surface area contributed by atoms with Crippen LogP contribution in [0.1, 0.15) is 20.8 Å². The van der Waals surface area contributed by atoms with Crippen LogP contribution in [0.3, 0.4) is 0 Å². The molecule has 1 aliphatic rings. The summed E-state index contributed by atoms with van der Waals surface area (Å²) in [5.74, 6) is 0.626. The first-order chi connectivity index (χ1) is 4.70. The number of ether oxygens (including phenoxy) is 2. The molecule has 0 aromatic heterocycles. The summed E-state index contributed by atoms with van der Waals surface area (Å²) in [6, 6.07) is 0. The summed E-state index contributed by atoms with van der Waals surface area (Å²) in [6.45, 7) is 8.11. The van der Waals surface area contributed by atoms with Gasteiger partial charge >= 0.3 is 0 Å². The van der Waals surface area contributed by atoms with Gasteiger partial charge in [-0.3, -0.25) is 0 Å². The van der Waals surface area contributed by atoms with Crippen molar-refractivity contribution in [2.45, 2.75) is 33.0 Å². The Kier molecular flexibility index (Phi) is 2.69. The van der Waals surface area contributed by atoms with E-state index in [0.717, 1.165) is 13.2 Å². The maximum absolute atomic E-state index is 5.50. The van der Waals surface area contributed by atoms with Crippen LogP contribution in [0, 0.1) is 5.92 Å². The molecular formula is C8H16O2. The van der Waals surface area contributed by atoms with Gasteiger partial charge in [-0.15, -0.1) is 0 Å². The Morgan fingerprint density at radius 1 is 1.50 bits per heavy atom. The molecule has 1 rings (SSSR count). The van der Waals surface area contributed by atoms with E-state index in [1.807, 2.05) is 0 Å². The molecule has 1 fully saturated rings. The van der Waals surface area contributed by atoms with Crippen LogP contribution in [0.15, 0.2) is 0 Å². The molecule has 60 valence electrons. The fourth-order valence-corrected chi connectivity index (χ4v) is 0.778. The van der Waals surface area contributed by atoms with Crippen molar-refractivity contribution in [1.29, 1.82) is 0 Å². The van der Waals surface area contributed by atoms with Crippen LogP contribution >= 0.6 is 0 Å². The van der Waals surface area contributed by atoms with Crippen molar-refractivity contribution < 1.29 is 9.47 Å². The third-order valence-corrected chi connectivity index (χ3v) is 1.58. The summed E-state index contributed by atoms with van der Waals surface area (Å²) in [4.78, 5) is 0. The first kappa shape index (κ1) is 8.02. The van der Waals surface area contributed by atoms with Crippen molar-refractivity contribution in [3.8, 4) is 0 Å². The summed E-state index contributed by atoms with van der Waals surface area (Å²) in [5.41, 5.74) is 0. The lowest BCUT2D eigenvalue weighted by Crippen LogP contribution is -2.18. The predicted octanol–water partition coefficient (Wildman–Crippen LogP) is 1.45. The molecule has 0 amide bonds.